The van der Waals surface area contributed by atoms with Crippen molar-refractivity contribution in [2.75, 3.05) is 11.5 Å². The van der Waals surface area contributed by atoms with E-state index in [1.807, 2.05) is 19.9 Å². The second kappa shape index (κ2) is 7.51. The van der Waals surface area contributed by atoms with Crippen molar-refractivity contribution >= 4 is 19.7 Å². The minimum atomic E-state index is -3.23. The Labute approximate surface area is 140 Å². The van der Waals surface area contributed by atoms with Crippen molar-refractivity contribution in [3.8, 4) is 0 Å². The van der Waals surface area contributed by atoms with E-state index < -0.39 is 24.9 Å². The summed E-state index contributed by atoms with van der Waals surface area (Å²) in [5.74, 6) is 0.374. The summed E-state index contributed by atoms with van der Waals surface area (Å²) < 4.78 is 49.4. The van der Waals surface area contributed by atoms with Crippen LogP contribution in [-0.4, -0.2) is 33.6 Å². The Morgan fingerprint density at radius 3 is 2.22 bits per heavy atom. The number of hydrogen-bond acceptors (Lipinski definition) is 4. The van der Waals surface area contributed by atoms with Gasteiger partial charge in [-0.2, -0.15) is 0 Å². The first kappa shape index (κ1) is 18.7. The van der Waals surface area contributed by atoms with Gasteiger partial charge in [-0.15, -0.1) is 0 Å². The Hall–Kier alpha value is -0.620. The van der Waals surface area contributed by atoms with Crippen LogP contribution >= 0.6 is 0 Å². The molecule has 0 heterocycles. The Bertz CT molecular complexity index is 659. The van der Waals surface area contributed by atoms with E-state index in [2.05, 4.69) is 6.08 Å². The largest absolute Gasteiger partial charge is 0.229 e. The molecule has 4 nitrogen and oxygen atoms in total. The van der Waals surface area contributed by atoms with Crippen LogP contribution in [0, 0.1) is 17.8 Å². The number of allylic oxidation sites excluding steroid dienone is 3. The third-order valence-electron chi connectivity index (χ3n) is 4.93. The Kier molecular flexibility index (Phi) is 6.11. The monoisotopic (exact) mass is 360 g/mol. The predicted molar refractivity (Wildman–Crippen MR) is 94.5 cm³/mol. The SMILES string of the molecule is CCCCS(=O)(=O)C=CC1C2C=CC(C2)C1S(=O)(=O)CCCC. The van der Waals surface area contributed by atoms with Crippen molar-refractivity contribution in [3.63, 3.8) is 0 Å². The lowest BCUT2D eigenvalue weighted by molar-refractivity contribution is 0.513. The lowest BCUT2D eigenvalue weighted by Gasteiger charge is -2.25. The summed E-state index contributed by atoms with van der Waals surface area (Å²) in [6.07, 6.45) is 9.55. The molecule has 1 fully saturated rings. The molecule has 2 rings (SSSR count). The zero-order valence-corrected chi connectivity index (χ0v) is 15.7. The van der Waals surface area contributed by atoms with Crippen LogP contribution in [0.2, 0.25) is 0 Å². The van der Waals surface area contributed by atoms with Crippen LogP contribution in [-0.2, 0) is 19.7 Å². The highest BCUT2D eigenvalue weighted by atomic mass is 32.2. The van der Waals surface area contributed by atoms with Crippen molar-refractivity contribution in [1.29, 1.82) is 0 Å². The maximum absolute atomic E-state index is 12.7. The highest BCUT2D eigenvalue weighted by molar-refractivity contribution is 7.94. The summed E-state index contributed by atoms with van der Waals surface area (Å²) in [5, 5.41) is 0.825. The Balaban J connectivity index is 2.18. The summed E-state index contributed by atoms with van der Waals surface area (Å²) >= 11 is 0. The predicted octanol–water partition coefficient (Wildman–Crippen LogP) is 3.12. The second-order valence-corrected chi connectivity index (χ2v) is 11.0. The van der Waals surface area contributed by atoms with Crippen LogP contribution in [0.4, 0.5) is 0 Å². The Morgan fingerprint density at radius 2 is 1.57 bits per heavy atom. The van der Waals surface area contributed by atoms with E-state index in [0.717, 1.165) is 19.3 Å². The van der Waals surface area contributed by atoms with E-state index in [9.17, 15) is 16.8 Å². The van der Waals surface area contributed by atoms with Crippen molar-refractivity contribution < 1.29 is 16.8 Å². The van der Waals surface area contributed by atoms with Gasteiger partial charge in [-0.05, 0) is 31.1 Å². The number of fused-ring (bicyclic) bond motifs is 2. The fraction of sp³-hybridized carbons (Fsp3) is 0.765. The molecule has 6 heteroatoms. The van der Waals surface area contributed by atoms with E-state index in [1.165, 1.54) is 5.41 Å². The number of rotatable bonds is 9. The third-order valence-corrected chi connectivity index (χ3v) is 8.71. The van der Waals surface area contributed by atoms with E-state index in [-0.39, 0.29) is 29.3 Å². The van der Waals surface area contributed by atoms with E-state index in [0.29, 0.717) is 12.8 Å². The first-order valence-corrected chi connectivity index (χ1v) is 12.0. The van der Waals surface area contributed by atoms with Gasteiger partial charge in [0, 0.05) is 11.3 Å². The van der Waals surface area contributed by atoms with Gasteiger partial charge in [-0.3, -0.25) is 0 Å². The fourth-order valence-corrected chi connectivity index (χ4v) is 7.40. The standard InChI is InChI=1S/C17H28O4S2/c1-3-5-10-22(18,19)12-9-16-14-7-8-15(13-14)17(16)23(20,21)11-6-4-2/h7-9,12,14-17H,3-6,10-11,13H2,1-2H3. The third kappa shape index (κ3) is 4.47. The summed E-state index contributed by atoms with van der Waals surface area (Å²) in [5.41, 5.74) is 0. The van der Waals surface area contributed by atoms with Gasteiger partial charge in [0.2, 0.25) is 0 Å². The molecular weight excluding hydrogens is 332 g/mol. The first-order chi connectivity index (χ1) is 10.8. The van der Waals surface area contributed by atoms with Crippen LogP contribution in [0.3, 0.4) is 0 Å². The summed E-state index contributed by atoms with van der Waals surface area (Å²) in [4.78, 5) is 0. The molecule has 4 atom stereocenters. The van der Waals surface area contributed by atoms with E-state index >= 15 is 0 Å². The van der Waals surface area contributed by atoms with Crippen LogP contribution in [0.5, 0.6) is 0 Å². The molecule has 132 valence electrons. The topological polar surface area (TPSA) is 68.3 Å². The van der Waals surface area contributed by atoms with Gasteiger partial charge < -0.3 is 0 Å². The number of sulfone groups is 2. The zero-order chi connectivity index (χ0) is 17.1. The van der Waals surface area contributed by atoms with Gasteiger partial charge in [0.1, 0.15) is 0 Å². The average molecular weight is 361 g/mol. The molecular formula is C17H28O4S2. The van der Waals surface area contributed by atoms with Gasteiger partial charge in [-0.1, -0.05) is 44.9 Å². The van der Waals surface area contributed by atoms with E-state index in [1.54, 1.807) is 6.08 Å². The number of unbranched alkanes of at least 4 members (excludes halogenated alkanes) is 2. The minimum absolute atomic E-state index is 0.0508. The van der Waals surface area contributed by atoms with Crippen molar-refractivity contribution in [2.24, 2.45) is 17.8 Å². The fourth-order valence-electron chi connectivity index (χ4n) is 3.68. The maximum Gasteiger partial charge on any atom is 0.171 e. The van der Waals surface area contributed by atoms with Crippen LogP contribution in [0.15, 0.2) is 23.6 Å². The molecule has 2 aliphatic carbocycles. The molecule has 0 radical (unpaired) electrons. The summed E-state index contributed by atoms with van der Waals surface area (Å²) in [6.45, 7) is 3.93. The van der Waals surface area contributed by atoms with Crippen molar-refractivity contribution in [2.45, 2.75) is 51.2 Å². The Morgan fingerprint density at radius 1 is 0.957 bits per heavy atom. The van der Waals surface area contributed by atoms with Crippen molar-refractivity contribution in [3.05, 3.63) is 23.6 Å². The molecule has 0 amide bonds. The first-order valence-electron chi connectivity index (χ1n) is 8.61. The van der Waals surface area contributed by atoms with Crippen LogP contribution in [0.25, 0.3) is 0 Å². The molecule has 2 bridgehead atoms. The molecule has 0 aromatic heterocycles. The minimum Gasteiger partial charge on any atom is -0.229 e. The molecule has 23 heavy (non-hydrogen) atoms. The van der Waals surface area contributed by atoms with Gasteiger partial charge in [0.25, 0.3) is 0 Å². The van der Waals surface area contributed by atoms with Crippen LogP contribution < -0.4 is 0 Å². The molecule has 0 saturated heterocycles. The van der Waals surface area contributed by atoms with Gasteiger partial charge in [0.15, 0.2) is 19.7 Å². The highest BCUT2D eigenvalue weighted by Crippen LogP contribution is 2.48. The lowest BCUT2D eigenvalue weighted by Crippen LogP contribution is -2.34. The van der Waals surface area contributed by atoms with E-state index in [4.69, 9.17) is 0 Å². The summed E-state index contributed by atoms with van der Waals surface area (Å²) in [7, 11) is -6.42. The quantitative estimate of drug-likeness (QED) is 0.593. The molecule has 0 aromatic carbocycles. The molecule has 0 N–H and O–H groups in total. The molecule has 0 spiro atoms. The average Bonchev–Trinajstić information content (AvgIpc) is 3.10. The molecule has 2 aliphatic rings. The van der Waals surface area contributed by atoms with Gasteiger partial charge in [0.05, 0.1) is 16.8 Å². The highest BCUT2D eigenvalue weighted by Gasteiger charge is 2.49. The molecule has 0 aromatic rings. The molecule has 1 saturated carbocycles. The zero-order valence-electron chi connectivity index (χ0n) is 14.0. The summed E-state index contributed by atoms with van der Waals surface area (Å²) in [6, 6.07) is 0. The molecule has 0 aliphatic heterocycles. The normalized spacial score (nSPS) is 30.5. The lowest BCUT2D eigenvalue weighted by atomic mass is 9.93. The van der Waals surface area contributed by atoms with Crippen molar-refractivity contribution in [1.82, 2.24) is 0 Å². The van der Waals surface area contributed by atoms with Gasteiger partial charge >= 0.3 is 0 Å². The van der Waals surface area contributed by atoms with Gasteiger partial charge in [-0.25, -0.2) is 16.8 Å². The maximum atomic E-state index is 12.7. The van der Waals surface area contributed by atoms with Crippen LogP contribution in [0.1, 0.15) is 46.0 Å². The number of hydrogen-bond donors (Lipinski definition) is 0. The molecule has 4 unspecified atom stereocenters. The smallest absolute Gasteiger partial charge is 0.171 e. The second-order valence-electron chi connectivity index (χ2n) is 6.76.